The number of thiazole rings is 1. The van der Waals surface area contributed by atoms with Crippen LogP contribution in [-0.2, 0) is 7.05 Å². The molecule has 0 unspecified atom stereocenters. The highest BCUT2D eigenvalue weighted by molar-refractivity contribution is 9.10. The third kappa shape index (κ3) is 3.97. The van der Waals surface area contributed by atoms with Crippen molar-refractivity contribution in [3.8, 4) is 11.3 Å². The summed E-state index contributed by atoms with van der Waals surface area (Å²) < 4.78 is 3.22. The van der Waals surface area contributed by atoms with Gasteiger partial charge in [0, 0.05) is 15.4 Å². The third-order valence-corrected chi connectivity index (χ3v) is 5.29. The van der Waals surface area contributed by atoms with Crippen molar-refractivity contribution in [2.24, 2.45) is 7.05 Å². The van der Waals surface area contributed by atoms with Crippen molar-refractivity contribution >= 4 is 49.7 Å². The Morgan fingerprint density at radius 1 is 1.17 bits per heavy atom. The van der Waals surface area contributed by atoms with Gasteiger partial charge in [-0.15, -0.1) is 0 Å². The van der Waals surface area contributed by atoms with Crippen molar-refractivity contribution in [2.45, 2.75) is 6.92 Å². The molecule has 2 nitrogen and oxygen atoms in total. The SMILES string of the molecule is Cc1cc(Br)ccc1Nc1scc(-c2ccccc2Cl)[n+]1C.[Br-]. The van der Waals surface area contributed by atoms with Crippen LogP contribution >= 0.6 is 38.9 Å². The number of hydrogen-bond acceptors (Lipinski definition) is 2. The van der Waals surface area contributed by atoms with Gasteiger partial charge in [-0.05, 0) is 42.8 Å². The van der Waals surface area contributed by atoms with Crippen molar-refractivity contribution in [1.29, 1.82) is 0 Å². The molecule has 0 atom stereocenters. The summed E-state index contributed by atoms with van der Waals surface area (Å²) in [5.74, 6) is 0. The molecule has 0 spiro atoms. The number of benzene rings is 2. The van der Waals surface area contributed by atoms with Gasteiger partial charge >= 0.3 is 5.13 Å². The second-order valence-corrected chi connectivity index (χ2v) is 7.23. The number of nitrogens with zero attached hydrogens (tertiary/aromatic N) is 1. The summed E-state index contributed by atoms with van der Waals surface area (Å²) in [6.45, 7) is 2.09. The van der Waals surface area contributed by atoms with Crippen molar-refractivity contribution in [2.75, 3.05) is 5.32 Å². The number of halogens is 3. The molecule has 0 radical (unpaired) electrons. The highest BCUT2D eigenvalue weighted by Crippen LogP contribution is 2.30. The van der Waals surface area contributed by atoms with E-state index in [1.165, 1.54) is 5.56 Å². The predicted molar refractivity (Wildman–Crippen MR) is 98.1 cm³/mol. The molecule has 0 saturated carbocycles. The summed E-state index contributed by atoms with van der Waals surface area (Å²) >= 11 is 11.5. The van der Waals surface area contributed by atoms with E-state index < -0.39 is 0 Å². The molecule has 1 aromatic heterocycles. The topological polar surface area (TPSA) is 15.9 Å². The summed E-state index contributed by atoms with van der Waals surface area (Å²) in [5.41, 5.74) is 4.45. The summed E-state index contributed by atoms with van der Waals surface area (Å²) in [6.07, 6.45) is 0. The number of aromatic nitrogens is 1. The molecule has 3 rings (SSSR count). The monoisotopic (exact) mass is 472 g/mol. The Morgan fingerprint density at radius 2 is 1.91 bits per heavy atom. The highest BCUT2D eigenvalue weighted by Gasteiger charge is 2.18. The van der Waals surface area contributed by atoms with Crippen LogP contribution in [0.2, 0.25) is 5.02 Å². The summed E-state index contributed by atoms with van der Waals surface area (Å²) in [5, 5.41) is 7.45. The van der Waals surface area contributed by atoms with E-state index in [1.54, 1.807) is 11.3 Å². The van der Waals surface area contributed by atoms with Crippen LogP contribution < -0.4 is 26.9 Å². The van der Waals surface area contributed by atoms with Crippen LogP contribution in [0, 0.1) is 6.92 Å². The molecular weight excluding hydrogens is 460 g/mol. The Hall–Kier alpha value is -0.880. The van der Waals surface area contributed by atoms with E-state index in [1.807, 2.05) is 37.4 Å². The van der Waals surface area contributed by atoms with Crippen molar-refractivity contribution < 1.29 is 21.5 Å². The zero-order valence-corrected chi connectivity index (χ0v) is 17.4. The molecule has 0 aliphatic rings. The smallest absolute Gasteiger partial charge is 0.339 e. The van der Waals surface area contributed by atoms with Gasteiger partial charge in [-0.3, -0.25) is 0 Å². The van der Waals surface area contributed by atoms with E-state index in [-0.39, 0.29) is 17.0 Å². The van der Waals surface area contributed by atoms with Crippen LogP contribution in [0.4, 0.5) is 10.8 Å². The first-order valence-corrected chi connectivity index (χ1v) is 8.87. The largest absolute Gasteiger partial charge is 1.00 e. The van der Waals surface area contributed by atoms with Gasteiger partial charge < -0.3 is 17.0 Å². The second kappa shape index (κ2) is 7.79. The maximum Gasteiger partial charge on any atom is 0.339 e. The molecule has 0 saturated heterocycles. The number of rotatable bonds is 3. The molecule has 3 aromatic rings. The standard InChI is InChI=1S/C17H14BrClN2S.BrH/c1-11-9-12(18)7-8-15(11)20-17-21(2)16(10-22-17)13-5-3-4-6-14(13)19;/h3-10H,1-2H3;1H. The van der Waals surface area contributed by atoms with E-state index in [2.05, 4.69) is 50.3 Å². The molecule has 0 aliphatic heterocycles. The fraction of sp³-hybridized carbons (Fsp3) is 0.118. The average molecular weight is 475 g/mol. The van der Waals surface area contributed by atoms with Crippen LogP contribution in [0.25, 0.3) is 11.3 Å². The molecule has 23 heavy (non-hydrogen) atoms. The zero-order chi connectivity index (χ0) is 15.7. The number of hydrogen-bond donors (Lipinski definition) is 1. The molecule has 2 aromatic carbocycles. The zero-order valence-electron chi connectivity index (χ0n) is 12.6. The summed E-state index contributed by atoms with van der Waals surface area (Å²) in [6, 6.07) is 14.1. The van der Waals surface area contributed by atoms with E-state index in [9.17, 15) is 0 Å². The quantitative estimate of drug-likeness (QED) is 0.578. The van der Waals surface area contributed by atoms with Crippen molar-refractivity contribution in [1.82, 2.24) is 0 Å². The lowest BCUT2D eigenvalue weighted by molar-refractivity contribution is -0.641. The first kappa shape index (κ1) is 18.5. The van der Waals surface area contributed by atoms with Crippen LogP contribution in [0.15, 0.2) is 52.3 Å². The van der Waals surface area contributed by atoms with Gasteiger partial charge in [0.05, 0.1) is 12.1 Å². The van der Waals surface area contributed by atoms with E-state index in [0.29, 0.717) is 0 Å². The summed E-state index contributed by atoms with van der Waals surface area (Å²) in [4.78, 5) is 0. The Labute approximate surface area is 164 Å². The van der Waals surface area contributed by atoms with Crippen LogP contribution in [0.5, 0.6) is 0 Å². The molecule has 0 aliphatic carbocycles. The predicted octanol–water partition coefficient (Wildman–Crippen LogP) is 2.71. The third-order valence-electron chi connectivity index (χ3n) is 3.53. The van der Waals surface area contributed by atoms with Gasteiger partial charge in [-0.2, -0.15) is 0 Å². The molecular formula is C17H15Br2ClN2S. The molecule has 120 valence electrons. The lowest BCUT2D eigenvalue weighted by Gasteiger charge is -2.05. The van der Waals surface area contributed by atoms with Gasteiger partial charge in [0.1, 0.15) is 11.4 Å². The molecule has 0 amide bonds. The number of anilines is 2. The first-order valence-electron chi connectivity index (χ1n) is 6.82. The Bertz CT molecular complexity index is 833. The maximum absolute atomic E-state index is 6.31. The molecule has 0 bridgehead atoms. The van der Waals surface area contributed by atoms with E-state index in [4.69, 9.17) is 11.6 Å². The Morgan fingerprint density at radius 3 is 2.61 bits per heavy atom. The van der Waals surface area contributed by atoms with E-state index >= 15 is 0 Å². The Kier molecular flexibility index (Phi) is 6.26. The summed E-state index contributed by atoms with van der Waals surface area (Å²) in [7, 11) is 2.05. The maximum atomic E-state index is 6.31. The fourth-order valence-electron chi connectivity index (χ4n) is 2.29. The minimum Gasteiger partial charge on any atom is -1.00 e. The van der Waals surface area contributed by atoms with Crippen LogP contribution in [0.1, 0.15) is 5.56 Å². The highest BCUT2D eigenvalue weighted by atomic mass is 79.9. The van der Waals surface area contributed by atoms with Gasteiger partial charge in [0.25, 0.3) is 0 Å². The van der Waals surface area contributed by atoms with Crippen molar-refractivity contribution in [3.63, 3.8) is 0 Å². The number of nitrogens with one attached hydrogen (secondary N) is 1. The first-order chi connectivity index (χ1) is 10.6. The lowest BCUT2D eigenvalue weighted by Crippen LogP contribution is -3.00. The molecule has 1 N–H and O–H groups in total. The van der Waals surface area contributed by atoms with Gasteiger partial charge in [-0.25, -0.2) is 9.88 Å². The fourth-order valence-corrected chi connectivity index (χ4v) is 3.93. The normalized spacial score (nSPS) is 10.3. The van der Waals surface area contributed by atoms with E-state index in [0.717, 1.165) is 31.6 Å². The average Bonchev–Trinajstić information content (AvgIpc) is 2.84. The van der Waals surface area contributed by atoms with Gasteiger partial charge in [0.2, 0.25) is 0 Å². The Balaban J connectivity index is 0.00000192. The van der Waals surface area contributed by atoms with Gasteiger partial charge in [-0.1, -0.05) is 51.0 Å². The van der Waals surface area contributed by atoms with Gasteiger partial charge in [0.15, 0.2) is 0 Å². The molecule has 1 heterocycles. The van der Waals surface area contributed by atoms with Crippen LogP contribution in [0.3, 0.4) is 0 Å². The van der Waals surface area contributed by atoms with Crippen molar-refractivity contribution in [3.05, 3.63) is 62.9 Å². The minimum absolute atomic E-state index is 0. The molecule has 0 fully saturated rings. The lowest BCUT2D eigenvalue weighted by atomic mass is 10.2. The second-order valence-electron chi connectivity index (χ2n) is 5.05. The minimum atomic E-state index is 0. The number of aryl methyl sites for hydroxylation is 1. The van der Waals surface area contributed by atoms with Crippen LogP contribution in [-0.4, -0.2) is 0 Å². The molecule has 6 heteroatoms.